The van der Waals surface area contributed by atoms with E-state index in [1.54, 1.807) is 0 Å². The fraction of sp³-hybridized carbons (Fsp3) is 0.857. The van der Waals surface area contributed by atoms with Gasteiger partial charge in [-0.1, -0.05) is 0 Å². The molecule has 0 unspecified atom stereocenters. The van der Waals surface area contributed by atoms with Gasteiger partial charge in [-0.05, 0) is 26.2 Å². The van der Waals surface area contributed by atoms with Crippen molar-refractivity contribution in [3.05, 3.63) is 0 Å². The van der Waals surface area contributed by atoms with Gasteiger partial charge in [0.2, 0.25) is 15.9 Å². The van der Waals surface area contributed by atoms with Crippen molar-refractivity contribution in [2.24, 2.45) is 4.99 Å². The van der Waals surface area contributed by atoms with Crippen LogP contribution in [0.25, 0.3) is 0 Å². The lowest BCUT2D eigenvalue weighted by atomic mass is 10.4. The molecule has 8 nitrogen and oxygen atoms in total. The highest BCUT2D eigenvalue weighted by atomic mass is 127. The van der Waals surface area contributed by atoms with Crippen molar-refractivity contribution in [2.75, 3.05) is 45.5 Å². The maximum Gasteiger partial charge on any atom is 0.222 e. The summed E-state index contributed by atoms with van der Waals surface area (Å²) in [6.07, 6.45) is 4.32. The summed E-state index contributed by atoms with van der Waals surface area (Å²) >= 11 is 0. The second kappa shape index (κ2) is 12.7. The number of hydrogen-bond donors (Lipinski definition) is 3. The average Bonchev–Trinajstić information content (AvgIpc) is 2.87. The van der Waals surface area contributed by atoms with Gasteiger partial charge in [0.05, 0.1) is 6.26 Å². The Balaban J connectivity index is 0.00000529. The zero-order valence-corrected chi connectivity index (χ0v) is 17.7. The summed E-state index contributed by atoms with van der Waals surface area (Å²) in [6.45, 7) is 6.08. The number of carbonyl (C=O) groups excluding carboxylic acids is 1. The molecule has 3 N–H and O–H groups in total. The first-order chi connectivity index (χ1) is 10.9. The van der Waals surface area contributed by atoms with Gasteiger partial charge in [0.25, 0.3) is 0 Å². The first-order valence-corrected chi connectivity index (χ1v) is 10.1. The molecule has 0 aromatic heterocycles. The first kappa shape index (κ1) is 23.4. The van der Waals surface area contributed by atoms with E-state index in [1.807, 2.05) is 11.8 Å². The summed E-state index contributed by atoms with van der Waals surface area (Å²) in [6, 6.07) is 0. The van der Waals surface area contributed by atoms with Crippen LogP contribution in [0.4, 0.5) is 0 Å². The quantitative estimate of drug-likeness (QED) is 0.180. The zero-order valence-electron chi connectivity index (χ0n) is 14.5. The van der Waals surface area contributed by atoms with Crippen LogP contribution in [0.15, 0.2) is 4.99 Å². The largest absolute Gasteiger partial charge is 0.357 e. The molecule has 0 aromatic carbocycles. The Bertz CT molecular complexity index is 499. The van der Waals surface area contributed by atoms with E-state index in [1.165, 1.54) is 0 Å². The van der Waals surface area contributed by atoms with Crippen molar-refractivity contribution in [1.29, 1.82) is 0 Å². The minimum Gasteiger partial charge on any atom is -0.357 e. The number of nitrogens with one attached hydrogen (secondary N) is 3. The molecule has 1 aliphatic rings. The molecule has 1 saturated heterocycles. The Morgan fingerprint density at radius 3 is 2.58 bits per heavy atom. The minimum atomic E-state index is -3.12. The van der Waals surface area contributed by atoms with E-state index >= 15 is 0 Å². The predicted molar refractivity (Wildman–Crippen MR) is 107 cm³/mol. The van der Waals surface area contributed by atoms with Crippen LogP contribution in [0.1, 0.15) is 32.6 Å². The first-order valence-electron chi connectivity index (χ1n) is 8.17. The summed E-state index contributed by atoms with van der Waals surface area (Å²) in [5.41, 5.74) is 0. The maximum absolute atomic E-state index is 11.5. The van der Waals surface area contributed by atoms with Crippen molar-refractivity contribution in [3.63, 3.8) is 0 Å². The topological polar surface area (TPSA) is 103 Å². The van der Waals surface area contributed by atoms with Gasteiger partial charge in [-0.3, -0.25) is 9.79 Å². The molecule has 0 radical (unpaired) electrons. The highest BCUT2D eigenvalue weighted by molar-refractivity contribution is 14.0. The van der Waals surface area contributed by atoms with Crippen LogP contribution in [0.2, 0.25) is 0 Å². The Labute approximate surface area is 162 Å². The van der Waals surface area contributed by atoms with Crippen LogP contribution in [0.3, 0.4) is 0 Å². The molecular formula is C14H30IN5O3S. The van der Waals surface area contributed by atoms with Gasteiger partial charge in [-0.25, -0.2) is 13.1 Å². The fourth-order valence-corrected chi connectivity index (χ4v) is 2.80. The highest BCUT2D eigenvalue weighted by Crippen LogP contribution is 2.09. The molecule has 0 spiro atoms. The monoisotopic (exact) mass is 475 g/mol. The van der Waals surface area contributed by atoms with E-state index in [-0.39, 0.29) is 29.9 Å². The number of amides is 1. The normalized spacial score (nSPS) is 15.3. The summed E-state index contributed by atoms with van der Waals surface area (Å²) < 4.78 is 24.3. The molecule has 0 bridgehead atoms. The van der Waals surface area contributed by atoms with Crippen LogP contribution >= 0.6 is 24.0 Å². The number of likely N-dealkylation sites (tertiary alicyclic amines) is 1. The molecule has 0 aromatic rings. The number of guanidine groups is 1. The average molecular weight is 475 g/mol. The summed E-state index contributed by atoms with van der Waals surface area (Å²) in [5.74, 6) is 0.969. The molecule has 1 heterocycles. The van der Waals surface area contributed by atoms with Gasteiger partial charge in [0.1, 0.15) is 0 Å². The third kappa shape index (κ3) is 11.0. The number of hydrogen-bond acceptors (Lipinski definition) is 4. The third-order valence-corrected chi connectivity index (χ3v) is 4.11. The molecule has 0 aliphatic carbocycles. The Morgan fingerprint density at radius 2 is 2.00 bits per heavy atom. The van der Waals surface area contributed by atoms with Crippen molar-refractivity contribution in [1.82, 2.24) is 20.3 Å². The number of sulfonamides is 1. The lowest BCUT2D eigenvalue weighted by Gasteiger charge is -2.15. The number of halogens is 1. The zero-order chi connectivity index (χ0) is 17.1. The molecule has 0 saturated carbocycles. The minimum absolute atomic E-state index is 0. The van der Waals surface area contributed by atoms with E-state index in [2.05, 4.69) is 20.3 Å². The van der Waals surface area contributed by atoms with E-state index < -0.39 is 10.0 Å². The maximum atomic E-state index is 11.5. The SMILES string of the molecule is CCNC(=NCCCN1CCCC1=O)NCCCNS(C)(=O)=O.I. The Kier molecular flexibility index (Phi) is 12.4. The van der Waals surface area contributed by atoms with E-state index in [0.29, 0.717) is 32.5 Å². The van der Waals surface area contributed by atoms with Crippen LogP contribution in [-0.2, 0) is 14.8 Å². The molecule has 1 fully saturated rings. The summed E-state index contributed by atoms with van der Waals surface area (Å²) in [7, 11) is -3.12. The second-order valence-corrected chi connectivity index (χ2v) is 7.38. The standard InChI is InChI=1S/C14H29N5O3S.HI/c1-3-15-14(16-8-5-10-18-23(2,21)22)17-9-6-12-19-11-4-7-13(19)20;/h18H,3-12H2,1-2H3,(H2,15,16,17);1H. The number of aliphatic imine (C=N–C) groups is 1. The molecule has 142 valence electrons. The Hall–Kier alpha value is -0.620. The van der Waals surface area contributed by atoms with E-state index in [9.17, 15) is 13.2 Å². The number of nitrogens with zero attached hydrogens (tertiary/aromatic N) is 2. The number of carbonyl (C=O) groups is 1. The van der Waals surface area contributed by atoms with E-state index in [0.717, 1.165) is 44.7 Å². The van der Waals surface area contributed by atoms with Crippen molar-refractivity contribution < 1.29 is 13.2 Å². The smallest absolute Gasteiger partial charge is 0.222 e. The lowest BCUT2D eigenvalue weighted by molar-refractivity contribution is -0.127. The molecule has 1 rings (SSSR count). The van der Waals surface area contributed by atoms with Crippen molar-refractivity contribution in [2.45, 2.75) is 32.6 Å². The number of rotatable bonds is 10. The molecule has 10 heteroatoms. The van der Waals surface area contributed by atoms with Crippen LogP contribution < -0.4 is 15.4 Å². The third-order valence-electron chi connectivity index (χ3n) is 3.38. The van der Waals surface area contributed by atoms with Gasteiger partial charge in [-0.2, -0.15) is 0 Å². The molecule has 1 amide bonds. The summed E-state index contributed by atoms with van der Waals surface area (Å²) in [5, 5.41) is 6.31. The van der Waals surface area contributed by atoms with Gasteiger partial charge < -0.3 is 15.5 Å². The van der Waals surface area contributed by atoms with Gasteiger partial charge in [0.15, 0.2) is 5.96 Å². The van der Waals surface area contributed by atoms with Crippen LogP contribution in [0.5, 0.6) is 0 Å². The van der Waals surface area contributed by atoms with Crippen molar-refractivity contribution in [3.8, 4) is 0 Å². The molecule has 24 heavy (non-hydrogen) atoms. The van der Waals surface area contributed by atoms with Gasteiger partial charge >= 0.3 is 0 Å². The highest BCUT2D eigenvalue weighted by Gasteiger charge is 2.18. The molecular weight excluding hydrogens is 445 g/mol. The predicted octanol–water partition coefficient (Wildman–Crippen LogP) is 0.111. The van der Waals surface area contributed by atoms with Gasteiger partial charge in [-0.15, -0.1) is 24.0 Å². The second-order valence-electron chi connectivity index (χ2n) is 5.55. The van der Waals surface area contributed by atoms with Crippen LogP contribution in [0, 0.1) is 0 Å². The van der Waals surface area contributed by atoms with Crippen LogP contribution in [-0.4, -0.2) is 70.7 Å². The lowest BCUT2D eigenvalue weighted by Crippen LogP contribution is -2.39. The fourth-order valence-electron chi connectivity index (χ4n) is 2.29. The summed E-state index contributed by atoms with van der Waals surface area (Å²) in [4.78, 5) is 17.9. The molecule has 0 atom stereocenters. The van der Waals surface area contributed by atoms with Gasteiger partial charge in [0, 0.05) is 45.7 Å². The van der Waals surface area contributed by atoms with E-state index in [4.69, 9.17) is 0 Å². The van der Waals surface area contributed by atoms with Crippen molar-refractivity contribution >= 4 is 45.9 Å². The molecule has 1 aliphatic heterocycles. The Morgan fingerprint density at radius 1 is 1.25 bits per heavy atom.